The van der Waals surface area contributed by atoms with Crippen molar-refractivity contribution in [3.63, 3.8) is 0 Å². The van der Waals surface area contributed by atoms with Crippen LogP contribution in [0.3, 0.4) is 0 Å². The van der Waals surface area contributed by atoms with Crippen molar-refractivity contribution in [1.82, 2.24) is 0 Å². The van der Waals surface area contributed by atoms with Gasteiger partial charge in [0, 0.05) is 5.56 Å². The molecule has 1 rings (SSSR count). The van der Waals surface area contributed by atoms with Crippen molar-refractivity contribution in [2.24, 2.45) is 0 Å². The fraction of sp³-hybridized carbons (Fsp3) is 0.409. The van der Waals surface area contributed by atoms with Crippen LogP contribution in [0, 0.1) is 0 Å². The van der Waals surface area contributed by atoms with Crippen LogP contribution in [0.2, 0.25) is 0 Å². The van der Waals surface area contributed by atoms with Crippen molar-refractivity contribution in [3.8, 4) is 0 Å². The van der Waals surface area contributed by atoms with Gasteiger partial charge >= 0.3 is 0 Å². The van der Waals surface area contributed by atoms with Crippen molar-refractivity contribution in [2.45, 2.75) is 60.8 Å². The van der Waals surface area contributed by atoms with Crippen LogP contribution in [0.4, 0.5) is 0 Å². The highest BCUT2D eigenvalue weighted by Crippen LogP contribution is 2.22. The molecule has 23 heavy (non-hydrogen) atoms. The second kappa shape index (κ2) is 9.29. The number of aldehydes is 1. The summed E-state index contributed by atoms with van der Waals surface area (Å²) in [5.74, 6) is 0. The first-order chi connectivity index (χ1) is 10.8. The summed E-state index contributed by atoms with van der Waals surface area (Å²) in [6.07, 6.45) is 10.4. The lowest BCUT2D eigenvalue weighted by atomic mass is 9.91. The molecule has 0 aromatic heterocycles. The Labute approximate surface area is 141 Å². The number of rotatable bonds is 7. The van der Waals surface area contributed by atoms with Gasteiger partial charge in [-0.2, -0.15) is 0 Å². The fourth-order valence-electron chi connectivity index (χ4n) is 2.45. The molecule has 0 fully saturated rings. The molecule has 1 nitrogen and oxygen atoms in total. The molecular weight excluding hydrogens is 280 g/mol. The van der Waals surface area contributed by atoms with E-state index in [2.05, 4.69) is 59.8 Å². The lowest BCUT2D eigenvalue weighted by Gasteiger charge is -2.14. The summed E-state index contributed by atoms with van der Waals surface area (Å²) in [6, 6.07) is 4.10. The number of hydrogen-bond acceptors (Lipinski definition) is 1. The Balaban J connectivity index is 3.39. The number of allylic oxidation sites excluding steroid dienone is 6. The molecule has 0 atom stereocenters. The minimum absolute atomic E-state index is 0.778. The maximum atomic E-state index is 11.3. The zero-order valence-corrected chi connectivity index (χ0v) is 15.5. The van der Waals surface area contributed by atoms with E-state index in [1.807, 2.05) is 12.1 Å². The van der Waals surface area contributed by atoms with Crippen molar-refractivity contribution in [2.75, 3.05) is 0 Å². The van der Waals surface area contributed by atoms with E-state index < -0.39 is 0 Å². The van der Waals surface area contributed by atoms with Gasteiger partial charge in [0.25, 0.3) is 0 Å². The smallest absolute Gasteiger partial charge is 0.150 e. The Morgan fingerprint density at radius 2 is 1.13 bits per heavy atom. The van der Waals surface area contributed by atoms with Gasteiger partial charge in [-0.15, -0.1) is 0 Å². The average molecular weight is 310 g/mol. The highest BCUT2D eigenvalue weighted by Gasteiger charge is 2.09. The number of carbonyl (C=O) groups is 1. The third kappa shape index (κ3) is 6.81. The monoisotopic (exact) mass is 310 g/mol. The molecule has 1 aromatic carbocycles. The van der Waals surface area contributed by atoms with Crippen LogP contribution in [0.25, 0.3) is 0 Å². The van der Waals surface area contributed by atoms with Gasteiger partial charge < -0.3 is 0 Å². The highest BCUT2D eigenvalue weighted by atomic mass is 16.1. The van der Waals surface area contributed by atoms with Gasteiger partial charge in [0.2, 0.25) is 0 Å². The first kappa shape index (κ1) is 19.2. The predicted octanol–water partition coefficient (Wildman–Crippen LogP) is 6.03. The Morgan fingerprint density at radius 3 is 1.48 bits per heavy atom. The molecule has 0 radical (unpaired) electrons. The summed E-state index contributed by atoms with van der Waals surface area (Å²) in [7, 11) is 0. The molecule has 0 spiro atoms. The van der Waals surface area contributed by atoms with Gasteiger partial charge in [0.15, 0.2) is 0 Å². The second-order valence-corrected chi connectivity index (χ2v) is 6.89. The minimum atomic E-state index is 0.778. The van der Waals surface area contributed by atoms with Gasteiger partial charge in [-0.3, -0.25) is 4.79 Å². The molecule has 0 aliphatic heterocycles. The van der Waals surface area contributed by atoms with Crippen molar-refractivity contribution in [1.29, 1.82) is 0 Å². The van der Waals surface area contributed by atoms with Crippen molar-refractivity contribution in [3.05, 3.63) is 69.3 Å². The lowest BCUT2D eigenvalue weighted by Crippen LogP contribution is -2.02. The Hall–Kier alpha value is -1.89. The topological polar surface area (TPSA) is 17.1 Å². The number of hydrogen-bond donors (Lipinski definition) is 0. The molecule has 0 heterocycles. The fourth-order valence-corrected chi connectivity index (χ4v) is 2.45. The summed E-state index contributed by atoms with van der Waals surface area (Å²) in [5.41, 5.74) is 8.62. The SMILES string of the molecule is CC(C)=CCc1cc(C=O)cc(CC=C(C)C)c1CC=C(C)C. The second-order valence-electron chi connectivity index (χ2n) is 6.89. The van der Waals surface area contributed by atoms with E-state index in [1.54, 1.807) is 0 Å². The molecule has 0 amide bonds. The summed E-state index contributed by atoms with van der Waals surface area (Å²) >= 11 is 0. The van der Waals surface area contributed by atoms with Gasteiger partial charge in [-0.05, 0) is 89.6 Å². The van der Waals surface area contributed by atoms with Crippen LogP contribution < -0.4 is 0 Å². The van der Waals surface area contributed by atoms with Crippen molar-refractivity contribution >= 4 is 6.29 Å². The van der Waals surface area contributed by atoms with E-state index in [0.29, 0.717) is 0 Å². The molecule has 1 heteroatoms. The summed E-state index contributed by atoms with van der Waals surface area (Å²) in [5, 5.41) is 0. The maximum Gasteiger partial charge on any atom is 0.150 e. The van der Waals surface area contributed by atoms with Gasteiger partial charge in [0.05, 0.1) is 0 Å². The highest BCUT2D eigenvalue weighted by molar-refractivity contribution is 5.76. The zero-order valence-electron chi connectivity index (χ0n) is 15.5. The van der Waals surface area contributed by atoms with E-state index in [4.69, 9.17) is 0 Å². The van der Waals surface area contributed by atoms with Gasteiger partial charge in [-0.1, -0.05) is 34.9 Å². The molecular formula is C22H30O. The van der Waals surface area contributed by atoms with E-state index in [9.17, 15) is 4.79 Å². The lowest BCUT2D eigenvalue weighted by molar-refractivity contribution is 0.112. The molecule has 0 aliphatic rings. The average Bonchev–Trinajstić information content (AvgIpc) is 2.48. The zero-order chi connectivity index (χ0) is 17.4. The van der Waals surface area contributed by atoms with Crippen LogP contribution in [0.1, 0.15) is 68.6 Å². The summed E-state index contributed by atoms with van der Waals surface area (Å²) in [6.45, 7) is 12.7. The molecule has 0 saturated heterocycles. The maximum absolute atomic E-state index is 11.3. The summed E-state index contributed by atoms with van der Waals surface area (Å²) in [4.78, 5) is 11.3. The van der Waals surface area contributed by atoms with Gasteiger partial charge in [-0.25, -0.2) is 0 Å². The molecule has 0 bridgehead atoms. The van der Waals surface area contributed by atoms with Crippen LogP contribution in [0.5, 0.6) is 0 Å². The van der Waals surface area contributed by atoms with E-state index in [1.165, 1.54) is 33.4 Å². The normalized spacial score (nSPS) is 10.0. The first-order valence-electron chi connectivity index (χ1n) is 8.33. The van der Waals surface area contributed by atoms with Crippen LogP contribution in [-0.2, 0) is 19.3 Å². The van der Waals surface area contributed by atoms with Gasteiger partial charge in [0.1, 0.15) is 6.29 Å². The molecule has 0 unspecified atom stereocenters. The Bertz CT molecular complexity index is 589. The molecule has 1 aromatic rings. The molecule has 0 N–H and O–H groups in total. The van der Waals surface area contributed by atoms with E-state index in [-0.39, 0.29) is 0 Å². The first-order valence-corrected chi connectivity index (χ1v) is 8.33. The largest absolute Gasteiger partial charge is 0.298 e. The van der Waals surface area contributed by atoms with E-state index >= 15 is 0 Å². The molecule has 124 valence electrons. The number of benzene rings is 1. The third-order valence-corrected chi connectivity index (χ3v) is 3.77. The van der Waals surface area contributed by atoms with Crippen molar-refractivity contribution < 1.29 is 4.79 Å². The number of carbonyl (C=O) groups excluding carboxylic acids is 1. The van der Waals surface area contributed by atoms with Crippen LogP contribution in [0.15, 0.2) is 47.1 Å². The Morgan fingerprint density at radius 1 is 0.739 bits per heavy atom. The van der Waals surface area contributed by atoms with Crippen LogP contribution >= 0.6 is 0 Å². The van der Waals surface area contributed by atoms with Crippen LogP contribution in [-0.4, -0.2) is 6.29 Å². The molecule has 0 aliphatic carbocycles. The standard InChI is InChI=1S/C22H30O/c1-16(2)7-10-20-13-19(15-23)14-21(11-8-17(3)4)22(20)12-9-18(5)6/h7-9,13-15H,10-12H2,1-6H3. The third-order valence-electron chi connectivity index (χ3n) is 3.77. The minimum Gasteiger partial charge on any atom is -0.298 e. The van der Waals surface area contributed by atoms with E-state index in [0.717, 1.165) is 31.1 Å². The predicted molar refractivity (Wildman–Crippen MR) is 101 cm³/mol. The summed E-state index contributed by atoms with van der Waals surface area (Å²) < 4.78 is 0. The Kier molecular flexibility index (Phi) is 7.74. The quantitative estimate of drug-likeness (QED) is 0.444. The molecule has 0 saturated carbocycles.